The summed E-state index contributed by atoms with van der Waals surface area (Å²) < 4.78 is 5.76. The van der Waals surface area contributed by atoms with E-state index in [0.29, 0.717) is 0 Å². The second-order valence-electron chi connectivity index (χ2n) is 4.57. The zero-order valence-electron chi connectivity index (χ0n) is 9.62. The van der Waals surface area contributed by atoms with Crippen LogP contribution in [0.1, 0.15) is 15.9 Å². The third kappa shape index (κ3) is 4.90. The average Bonchev–Trinajstić information content (AvgIpc) is 2.17. The largest absolute Gasteiger partial charge is 0.417 e. The molecular weight excluding hydrogens is 204 g/mol. The summed E-state index contributed by atoms with van der Waals surface area (Å²) in [5.41, 5.74) is 1.95. The Kier molecular flexibility index (Phi) is 4.24. The summed E-state index contributed by atoms with van der Waals surface area (Å²) in [5, 5.41) is 0. The van der Waals surface area contributed by atoms with E-state index in [1.807, 2.05) is 24.3 Å². The zero-order chi connectivity index (χ0) is 11.3. The molecular formula is C12H18O2Si. The van der Waals surface area contributed by atoms with Gasteiger partial charge in [0.05, 0.1) is 0 Å². The third-order valence-electron chi connectivity index (χ3n) is 2.04. The monoisotopic (exact) mass is 222 g/mol. The number of carbonyl (C=O) groups excluding carboxylic acids is 1. The standard InChI is InChI=1S/C12H18O2Si/c1-15(2,3)14-9-8-11-4-6-12(10-13)7-5-11/h4-7,10H,8-9H2,1-3H3. The Labute approximate surface area is 92.4 Å². The van der Waals surface area contributed by atoms with Crippen LogP contribution in [-0.4, -0.2) is 21.2 Å². The lowest BCUT2D eigenvalue weighted by atomic mass is 10.1. The van der Waals surface area contributed by atoms with E-state index in [-0.39, 0.29) is 0 Å². The van der Waals surface area contributed by atoms with Gasteiger partial charge in [-0.25, -0.2) is 0 Å². The fourth-order valence-corrected chi connectivity index (χ4v) is 1.95. The minimum atomic E-state index is -1.39. The van der Waals surface area contributed by atoms with Gasteiger partial charge in [0.1, 0.15) is 6.29 Å². The van der Waals surface area contributed by atoms with Crippen LogP contribution >= 0.6 is 0 Å². The van der Waals surface area contributed by atoms with E-state index in [2.05, 4.69) is 19.6 Å². The Bertz CT molecular complexity index is 311. The Hall–Kier alpha value is -0.933. The molecule has 0 heterocycles. The van der Waals surface area contributed by atoms with Crippen LogP contribution in [-0.2, 0) is 10.8 Å². The second-order valence-corrected chi connectivity index (χ2v) is 9.08. The van der Waals surface area contributed by atoms with E-state index < -0.39 is 8.32 Å². The molecule has 0 fully saturated rings. The molecule has 0 aliphatic heterocycles. The molecule has 0 aliphatic carbocycles. The number of rotatable bonds is 5. The Morgan fingerprint density at radius 2 is 1.80 bits per heavy atom. The van der Waals surface area contributed by atoms with Crippen molar-refractivity contribution in [3.05, 3.63) is 35.4 Å². The fraction of sp³-hybridized carbons (Fsp3) is 0.417. The molecule has 15 heavy (non-hydrogen) atoms. The Morgan fingerprint density at radius 1 is 1.20 bits per heavy atom. The smallest absolute Gasteiger partial charge is 0.183 e. The van der Waals surface area contributed by atoms with E-state index in [1.165, 1.54) is 5.56 Å². The van der Waals surface area contributed by atoms with Gasteiger partial charge in [0.15, 0.2) is 8.32 Å². The maximum absolute atomic E-state index is 10.4. The number of carbonyl (C=O) groups is 1. The first-order valence-corrected chi connectivity index (χ1v) is 8.60. The first kappa shape index (κ1) is 12.1. The number of hydrogen-bond acceptors (Lipinski definition) is 2. The molecule has 0 saturated heterocycles. The van der Waals surface area contributed by atoms with E-state index in [1.54, 1.807) is 0 Å². The molecule has 3 heteroatoms. The van der Waals surface area contributed by atoms with E-state index in [0.717, 1.165) is 24.9 Å². The van der Waals surface area contributed by atoms with Gasteiger partial charge in [0.2, 0.25) is 0 Å². The van der Waals surface area contributed by atoms with Crippen LogP contribution < -0.4 is 0 Å². The number of aldehydes is 1. The summed E-state index contributed by atoms with van der Waals surface area (Å²) in [7, 11) is -1.39. The van der Waals surface area contributed by atoms with Crippen LogP contribution in [0, 0.1) is 0 Å². The molecule has 0 amide bonds. The molecule has 0 aliphatic rings. The van der Waals surface area contributed by atoms with Gasteiger partial charge in [-0.1, -0.05) is 24.3 Å². The van der Waals surface area contributed by atoms with E-state index >= 15 is 0 Å². The molecule has 82 valence electrons. The van der Waals surface area contributed by atoms with Gasteiger partial charge in [0, 0.05) is 12.2 Å². The van der Waals surface area contributed by atoms with Crippen molar-refractivity contribution < 1.29 is 9.22 Å². The molecule has 1 rings (SSSR count). The topological polar surface area (TPSA) is 26.3 Å². The van der Waals surface area contributed by atoms with Crippen molar-refractivity contribution in [3.8, 4) is 0 Å². The predicted octanol–water partition coefficient (Wildman–Crippen LogP) is 2.89. The van der Waals surface area contributed by atoms with E-state index in [4.69, 9.17) is 4.43 Å². The molecule has 0 atom stereocenters. The van der Waals surface area contributed by atoms with Crippen LogP contribution in [0.3, 0.4) is 0 Å². The Morgan fingerprint density at radius 3 is 2.27 bits per heavy atom. The lowest BCUT2D eigenvalue weighted by Gasteiger charge is -2.16. The van der Waals surface area contributed by atoms with Crippen molar-refractivity contribution in [2.75, 3.05) is 6.61 Å². The second kappa shape index (κ2) is 5.23. The molecule has 0 bridgehead atoms. The minimum absolute atomic E-state index is 0.727. The lowest BCUT2D eigenvalue weighted by Crippen LogP contribution is -2.26. The molecule has 0 radical (unpaired) electrons. The zero-order valence-corrected chi connectivity index (χ0v) is 10.6. The van der Waals surface area contributed by atoms with Gasteiger partial charge in [-0.2, -0.15) is 0 Å². The summed E-state index contributed by atoms with van der Waals surface area (Å²) in [6, 6.07) is 7.66. The van der Waals surface area contributed by atoms with Crippen molar-refractivity contribution in [1.82, 2.24) is 0 Å². The van der Waals surface area contributed by atoms with Crippen molar-refractivity contribution >= 4 is 14.6 Å². The van der Waals surface area contributed by atoms with E-state index in [9.17, 15) is 4.79 Å². The highest BCUT2D eigenvalue weighted by Crippen LogP contribution is 2.07. The summed E-state index contributed by atoms with van der Waals surface area (Å²) in [6.45, 7) is 7.32. The van der Waals surface area contributed by atoms with Crippen LogP contribution in [0.2, 0.25) is 19.6 Å². The van der Waals surface area contributed by atoms with Crippen molar-refractivity contribution in [1.29, 1.82) is 0 Å². The highest BCUT2D eigenvalue weighted by Gasteiger charge is 2.13. The molecule has 0 saturated carbocycles. The van der Waals surface area contributed by atoms with Gasteiger partial charge in [-0.15, -0.1) is 0 Å². The van der Waals surface area contributed by atoms with Crippen molar-refractivity contribution in [2.45, 2.75) is 26.1 Å². The number of hydrogen-bond donors (Lipinski definition) is 0. The van der Waals surface area contributed by atoms with Crippen molar-refractivity contribution in [2.24, 2.45) is 0 Å². The number of benzene rings is 1. The van der Waals surface area contributed by atoms with Gasteiger partial charge in [-0.05, 0) is 31.6 Å². The normalized spacial score (nSPS) is 11.4. The maximum Gasteiger partial charge on any atom is 0.183 e. The van der Waals surface area contributed by atoms with Crippen LogP contribution in [0.15, 0.2) is 24.3 Å². The third-order valence-corrected chi connectivity index (χ3v) is 3.11. The predicted molar refractivity (Wildman–Crippen MR) is 64.8 cm³/mol. The van der Waals surface area contributed by atoms with Crippen LogP contribution in [0.4, 0.5) is 0 Å². The molecule has 1 aromatic carbocycles. The first-order chi connectivity index (χ1) is 7.01. The van der Waals surface area contributed by atoms with Gasteiger partial charge in [0.25, 0.3) is 0 Å². The molecule has 0 unspecified atom stereocenters. The molecule has 2 nitrogen and oxygen atoms in total. The highest BCUT2D eigenvalue weighted by atomic mass is 28.4. The molecule has 0 spiro atoms. The van der Waals surface area contributed by atoms with Gasteiger partial charge in [-0.3, -0.25) is 4.79 Å². The van der Waals surface area contributed by atoms with Crippen LogP contribution in [0.5, 0.6) is 0 Å². The highest BCUT2D eigenvalue weighted by molar-refractivity contribution is 6.69. The lowest BCUT2D eigenvalue weighted by molar-refractivity contribution is 0.112. The first-order valence-electron chi connectivity index (χ1n) is 5.19. The summed E-state index contributed by atoms with van der Waals surface area (Å²) in [4.78, 5) is 10.4. The fourth-order valence-electron chi connectivity index (χ4n) is 1.24. The summed E-state index contributed by atoms with van der Waals surface area (Å²) in [5.74, 6) is 0. The molecule has 1 aromatic rings. The Balaban J connectivity index is 2.41. The average molecular weight is 222 g/mol. The summed E-state index contributed by atoms with van der Waals surface area (Å²) >= 11 is 0. The molecule has 0 N–H and O–H groups in total. The minimum Gasteiger partial charge on any atom is -0.417 e. The summed E-state index contributed by atoms with van der Waals surface area (Å²) in [6.07, 6.45) is 1.78. The van der Waals surface area contributed by atoms with Gasteiger partial charge >= 0.3 is 0 Å². The van der Waals surface area contributed by atoms with Crippen LogP contribution in [0.25, 0.3) is 0 Å². The maximum atomic E-state index is 10.4. The molecule has 0 aromatic heterocycles. The van der Waals surface area contributed by atoms with Crippen molar-refractivity contribution in [3.63, 3.8) is 0 Å². The quantitative estimate of drug-likeness (QED) is 0.565. The van der Waals surface area contributed by atoms with Gasteiger partial charge < -0.3 is 4.43 Å². The SMILES string of the molecule is C[Si](C)(C)OCCc1ccc(C=O)cc1.